The zero-order valence-electron chi connectivity index (χ0n) is 29.2. The van der Waals surface area contributed by atoms with Crippen LogP contribution in [0.5, 0.6) is 0 Å². The van der Waals surface area contributed by atoms with Crippen LogP contribution in [0.1, 0.15) is 76.9 Å². The minimum atomic E-state index is -1.45. The molecule has 6 rings (SSSR count). The number of methoxy groups -OCH3 is 1. The van der Waals surface area contributed by atoms with Gasteiger partial charge in [-0.2, -0.15) is 0 Å². The lowest BCUT2D eigenvalue weighted by atomic mass is 9.74. The summed E-state index contributed by atoms with van der Waals surface area (Å²) in [6.07, 6.45) is 9.95. The molecule has 0 unspecified atom stereocenters. The molecule has 272 valence electrons. The molecule has 4 aliphatic heterocycles. The van der Waals surface area contributed by atoms with Crippen molar-refractivity contribution in [3.8, 4) is 0 Å². The average Bonchev–Trinajstić information content (AvgIpc) is 3.72. The second-order valence-electron chi connectivity index (χ2n) is 14.4. The SMILES string of the molecule is CC[C@H](C)[C@H](CO)N1C(=O)[C@@H]2[C@H]3C(=O)O[C@@H](c4ccccc4)[C@H](COC)NC(=O)CC/C=C\CN(C4CCCCC4)C(=O)[C@@H]1[C@]21C=C(Br)[C@H]3O1. The molecule has 9 atom stereocenters. The summed E-state index contributed by atoms with van der Waals surface area (Å²) in [5.41, 5.74) is -0.794. The second-order valence-corrected chi connectivity index (χ2v) is 15.3. The molecule has 1 saturated carbocycles. The number of ether oxygens (including phenoxy) is 3. The summed E-state index contributed by atoms with van der Waals surface area (Å²) < 4.78 is 19.2. The standard InChI is InChI=1S/C38H50BrN3O8/c1-4-23(2)28(21-43)42-34-36(46)41(25-16-10-6-11-17-25)19-13-7-12-18-29(44)40-27(22-48-3)32(24-14-8-5-9-15-24)49-37(47)30-31(35(42)45)38(34)20-26(39)33(30)50-38/h5,7-9,13-15,20,23,25,27-28,30-34,43H,4,6,10-12,16-19,21-22H2,1-3H3,(H,40,44)/b13-7-/t23-,27-,28-,30+,31-,32-,33+,34+,38-/m0/s1. The number of likely N-dealkylation sites (tertiary alicyclic amines) is 1. The number of aliphatic hydroxyl groups is 1. The Morgan fingerprint density at radius 1 is 1.06 bits per heavy atom. The normalized spacial score (nSPS) is 34.2. The molecule has 3 fully saturated rings. The van der Waals surface area contributed by atoms with Crippen LogP contribution in [0.4, 0.5) is 0 Å². The molecule has 1 aromatic rings. The van der Waals surface area contributed by atoms with E-state index in [9.17, 15) is 19.5 Å². The molecule has 50 heavy (non-hydrogen) atoms. The zero-order chi connectivity index (χ0) is 35.6. The number of amides is 3. The lowest BCUT2D eigenvalue weighted by Crippen LogP contribution is -2.61. The fraction of sp³-hybridized carbons (Fsp3) is 0.632. The molecule has 3 amide bonds. The number of nitrogens with one attached hydrogen (secondary N) is 1. The minimum absolute atomic E-state index is 0.0388. The van der Waals surface area contributed by atoms with Crippen LogP contribution in [-0.2, 0) is 33.4 Å². The molecule has 1 aliphatic carbocycles. The van der Waals surface area contributed by atoms with Gasteiger partial charge in [0.15, 0.2) is 0 Å². The first-order valence-electron chi connectivity index (χ1n) is 18.1. The Bertz CT molecular complexity index is 1480. The monoisotopic (exact) mass is 755 g/mol. The van der Waals surface area contributed by atoms with Crippen molar-refractivity contribution in [2.24, 2.45) is 17.8 Å². The summed E-state index contributed by atoms with van der Waals surface area (Å²) in [5.74, 6) is -3.82. The van der Waals surface area contributed by atoms with Gasteiger partial charge in [-0.15, -0.1) is 0 Å². The molecule has 2 N–H and O–H groups in total. The summed E-state index contributed by atoms with van der Waals surface area (Å²) in [7, 11) is 1.52. The van der Waals surface area contributed by atoms with Crippen LogP contribution in [0.2, 0.25) is 0 Å². The first-order valence-corrected chi connectivity index (χ1v) is 18.9. The number of hydrogen-bond acceptors (Lipinski definition) is 8. The molecule has 5 aliphatic rings. The van der Waals surface area contributed by atoms with E-state index in [1.807, 2.05) is 67.3 Å². The van der Waals surface area contributed by atoms with E-state index in [0.717, 1.165) is 32.1 Å². The van der Waals surface area contributed by atoms with Gasteiger partial charge in [-0.1, -0.05) is 97.9 Å². The molecular formula is C38H50BrN3O8. The van der Waals surface area contributed by atoms with Crippen LogP contribution < -0.4 is 5.32 Å². The lowest BCUT2D eigenvalue weighted by Gasteiger charge is -2.43. The fourth-order valence-corrected chi connectivity index (χ4v) is 9.49. The summed E-state index contributed by atoms with van der Waals surface area (Å²) >= 11 is 3.65. The zero-order valence-corrected chi connectivity index (χ0v) is 30.8. The number of esters is 1. The third-order valence-electron chi connectivity index (χ3n) is 11.4. The van der Waals surface area contributed by atoms with Crippen LogP contribution in [0.15, 0.2) is 53.0 Å². The minimum Gasteiger partial charge on any atom is -0.455 e. The van der Waals surface area contributed by atoms with Crippen molar-refractivity contribution in [3.63, 3.8) is 0 Å². The molecule has 1 spiro atoms. The molecule has 1 aromatic carbocycles. The highest BCUT2D eigenvalue weighted by Gasteiger charge is 2.76. The van der Waals surface area contributed by atoms with Crippen LogP contribution in [-0.4, -0.2) is 101 Å². The number of fused-ring (bicyclic) bond motifs is 2. The van der Waals surface area contributed by atoms with Crippen LogP contribution in [0.25, 0.3) is 0 Å². The number of cyclic esters (lactones) is 1. The van der Waals surface area contributed by atoms with Crippen molar-refractivity contribution >= 4 is 39.6 Å². The smallest absolute Gasteiger partial charge is 0.313 e. The van der Waals surface area contributed by atoms with Gasteiger partial charge < -0.3 is 34.4 Å². The van der Waals surface area contributed by atoms with E-state index in [2.05, 4.69) is 21.2 Å². The van der Waals surface area contributed by atoms with Gasteiger partial charge in [0.25, 0.3) is 0 Å². The van der Waals surface area contributed by atoms with Gasteiger partial charge in [0.05, 0.1) is 31.2 Å². The quantitative estimate of drug-likeness (QED) is 0.298. The van der Waals surface area contributed by atoms with Gasteiger partial charge in [0.1, 0.15) is 29.8 Å². The summed E-state index contributed by atoms with van der Waals surface area (Å²) in [6.45, 7) is 3.99. The van der Waals surface area contributed by atoms with Crippen LogP contribution in [0, 0.1) is 17.8 Å². The van der Waals surface area contributed by atoms with E-state index in [4.69, 9.17) is 14.2 Å². The van der Waals surface area contributed by atoms with Gasteiger partial charge in [-0.05, 0) is 36.8 Å². The Morgan fingerprint density at radius 2 is 1.80 bits per heavy atom. The molecule has 11 nitrogen and oxygen atoms in total. The Balaban J connectivity index is 1.49. The van der Waals surface area contributed by atoms with Crippen molar-refractivity contribution in [1.29, 1.82) is 0 Å². The maximum atomic E-state index is 15.2. The van der Waals surface area contributed by atoms with Gasteiger partial charge in [0, 0.05) is 30.6 Å². The van der Waals surface area contributed by atoms with Crippen LogP contribution in [0.3, 0.4) is 0 Å². The van der Waals surface area contributed by atoms with Gasteiger partial charge >= 0.3 is 5.97 Å². The largest absolute Gasteiger partial charge is 0.455 e. The summed E-state index contributed by atoms with van der Waals surface area (Å²) in [6, 6.07) is 6.63. The molecule has 4 heterocycles. The van der Waals surface area contributed by atoms with E-state index < -0.39 is 59.6 Å². The highest BCUT2D eigenvalue weighted by Crippen LogP contribution is 2.59. The highest BCUT2D eigenvalue weighted by molar-refractivity contribution is 9.11. The fourth-order valence-electron chi connectivity index (χ4n) is 8.76. The Kier molecular flexibility index (Phi) is 11.5. The topological polar surface area (TPSA) is 135 Å². The average molecular weight is 757 g/mol. The molecule has 12 heteroatoms. The number of halogens is 1. The van der Waals surface area contributed by atoms with E-state index in [-0.39, 0.29) is 43.4 Å². The maximum absolute atomic E-state index is 15.2. The van der Waals surface area contributed by atoms with Crippen LogP contribution >= 0.6 is 15.9 Å². The number of benzene rings is 1. The van der Waals surface area contributed by atoms with Crippen molar-refractivity contribution in [1.82, 2.24) is 15.1 Å². The molecule has 5 bridgehead atoms. The van der Waals surface area contributed by atoms with E-state index >= 15 is 4.79 Å². The van der Waals surface area contributed by atoms with Crippen molar-refractivity contribution < 1.29 is 38.5 Å². The number of carbonyl (C=O) groups excluding carboxylic acids is 4. The Labute approximate surface area is 302 Å². The molecule has 2 saturated heterocycles. The van der Waals surface area contributed by atoms with Gasteiger partial charge in [-0.3, -0.25) is 19.2 Å². The number of hydrogen-bond donors (Lipinski definition) is 2. The first-order chi connectivity index (χ1) is 24.2. The molecular weight excluding hydrogens is 706 g/mol. The first kappa shape index (κ1) is 36.7. The molecule has 0 aromatic heterocycles. The van der Waals surface area contributed by atoms with Gasteiger partial charge in [0.2, 0.25) is 17.7 Å². The Hall–Kier alpha value is -3.06. The van der Waals surface area contributed by atoms with Crippen molar-refractivity contribution in [2.75, 3.05) is 26.9 Å². The van der Waals surface area contributed by atoms with Crippen molar-refractivity contribution in [3.05, 3.63) is 58.6 Å². The maximum Gasteiger partial charge on any atom is 0.313 e. The number of aliphatic hydroxyl groups excluding tert-OH is 1. The number of allylic oxidation sites excluding steroid dienone is 1. The number of rotatable bonds is 8. The van der Waals surface area contributed by atoms with Crippen molar-refractivity contribution in [2.45, 2.75) is 107 Å². The third-order valence-corrected chi connectivity index (χ3v) is 12.1. The number of carbonyl (C=O) groups is 4. The van der Waals surface area contributed by atoms with E-state index in [1.165, 1.54) is 7.11 Å². The Morgan fingerprint density at radius 3 is 2.48 bits per heavy atom. The predicted octanol–water partition coefficient (Wildman–Crippen LogP) is 4.19. The predicted molar refractivity (Wildman–Crippen MR) is 189 cm³/mol. The second kappa shape index (κ2) is 15.7. The van der Waals surface area contributed by atoms with Gasteiger partial charge in [-0.25, -0.2) is 0 Å². The van der Waals surface area contributed by atoms with E-state index in [0.29, 0.717) is 29.4 Å². The number of nitrogens with zero attached hydrogens (tertiary/aromatic N) is 2. The lowest BCUT2D eigenvalue weighted by molar-refractivity contribution is -0.163. The highest BCUT2D eigenvalue weighted by atomic mass is 79.9. The van der Waals surface area contributed by atoms with E-state index in [1.54, 1.807) is 4.90 Å². The molecule has 0 radical (unpaired) electrons. The summed E-state index contributed by atoms with van der Waals surface area (Å²) in [4.78, 5) is 61.4. The summed E-state index contributed by atoms with van der Waals surface area (Å²) in [5, 5.41) is 13.8. The third kappa shape index (κ3) is 6.68.